The van der Waals surface area contributed by atoms with Crippen molar-refractivity contribution in [2.75, 3.05) is 19.0 Å². The summed E-state index contributed by atoms with van der Waals surface area (Å²) in [4.78, 5) is 8.52. The molecule has 7 heteroatoms. The average Bonchev–Trinajstić information content (AvgIpc) is 3.02. The topological polar surface area (TPSA) is 64.3 Å². The molecule has 0 saturated carbocycles. The Hall–Kier alpha value is -2.54. The van der Waals surface area contributed by atoms with E-state index in [0.717, 1.165) is 17.1 Å². The fraction of sp³-hybridized carbons (Fsp3) is 0.353. The normalized spacial score (nSPS) is 11.8. The minimum atomic E-state index is -0.231. The number of nitrogens with one attached hydrogen (secondary N) is 1. The highest BCUT2D eigenvalue weighted by Gasteiger charge is 2.21. The van der Waals surface area contributed by atoms with Crippen molar-refractivity contribution in [2.24, 2.45) is 0 Å². The molecular weight excluding hydrogens is 309 g/mol. The van der Waals surface area contributed by atoms with E-state index in [9.17, 15) is 4.39 Å². The van der Waals surface area contributed by atoms with Gasteiger partial charge in [-0.1, -0.05) is 26.0 Å². The van der Waals surface area contributed by atoms with Crippen molar-refractivity contribution in [3.8, 4) is 0 Å². The molecular formula is C17H20FN5O. The fourth-order valence-corrected chi connectivity index (χ4v) is 2.52. The molecule has 0 amide bonds. The van der Waals surface area contributed by atoms with Crippen LogP contribution in [0.15, 0.2) is 36.7 Å². The lowest BCUT2D eigenvalue weighted by molar-refractivity contribution is 0.181. The molecule has 1 N–H and O–H groups in total. The number of anilines is 1. The van der Waals surface area contributed by atoms with Gasteiger partial charge in [-0.25, -0.2) is 9.37 Å². The van der Waals surface area contributed by atoms with E-state index in [4.69, 9.17) is 4.74 Å². The van der Waals surface area contributed by atoms with Gasteiger partial charge in [-0.15, -0.1) is 0 Å². The van der Waals surface area contributed by atoms with Crippen molar-refractivity contribution in [1.29, 1.82) is 0 Å². The maximum atomic E-state index is 13.1. The van der Waals surface area contributed by atoms with Crippen LogP contribution in [0.3, 0.4) is 0 Å². The Bertz CT molecular complexity index is 829. The van der Waals surface area contributed by atoms with E-state index in [1.165, 1.54) is 18.5 Å². The van der Waals surface area contributed by atoms with E-state index in [0.29, 0.717) is 18.9 Å². The summed E-state index contributed by atoms with van der Waals surface area (Å²) in [6, 6.07) is 8.48. The molecule has 2 aromatic heterocycles. The average molecular weight is 329 g/mol. The van der Waals surface area contributed by atoms with E-state index in [1.54, 1.807) is 11.6 Å². The highest BCUT2D eigenvalue weighted by Crippen LogP contribution is 2.24. The van der Waals surface area contributed by atoms with Crippen LogP contribution in [0.2, 0.25) is 0 Å². The molecule has 0 aliphatic heterocycles. The molecule has 0 spiro atoms. The maximum Gasteiger partial charge on any atom is 0.254 e. The van der Waals surface area contributed by atoms with Gasteiger partial charge in [0.05, 0.1) is 12.3 Å². The predicted octanol–water partition coefficient (Wildman–Crippen LogP) is 2.80. The third-order valence-electron chi connectivity index (χ3n) is 3.93. The molecule has 3 aromatic rings. The van der Waals surface area contributed by atoms with Gasteiger partial charge < -0.3 is 10.1 Å². The minimum Gasteiger partial charge on any atom is -0.378 e. The van der Waals surface area contributed by atoms with Crippen molar-refractivity contribution in [3.63, 3.8) is 0 Å². The van der Waals surface area contributed by atoms with Gasteiger partial charge in [-0.05, 0) is 17.7 Å². The Labute approximate surface area is 139 Å². The van der Waals surface area contributed by atoms with E-state index in [2.05, 4.69) is 34.2 Å². The summed E-state index contributed by atoms with van der Waals surface area (Å²) in [6.45, 7) is 5.25. The van der Waals surface area contributed by atoms with Crippen LogP contribution in [0.25, 0.3) is 5.78 Å². The van der Waals surface area contributed by atoms with Gasteiger partial charge in [0.15, 0.2) is 0 Å². The van der Waals surface area contributed by atoms with Crippen LogP contribution < -0.4 is 5.32 Å². The standard InChI is InChI=1S/C17H20FN5O/c1-17(2,12-4-6-13(18)7-5-12)10-19-15-8-14(9-24-3)22-16-20-11-21-23(15)16/h4-8,11,19H,9-10H2,1-3H3. The zero-order valence-corrected chi connectivity index (χ0v) is 14.0. The highest BCUT2D eigenvalue weighted by atomic mass is 19.1. The SMILES string of the molecule is COCc1cc(NCC(C)(C)c2ccc(F)cc2)n2ncnc2n1. The number of halogens is 1. The first-order valence-electron chi connectivity index (χ1n) is 7.68. The monoisotopic (exact) mass is 329 g/mol. The number of ether oxygens (including phenoxy) is 1. The zero-order chi connectivity index (χ0) is 17.2. The number of benzene rings is 1. The second-order valence-corrected chi connectivity index (χ2v) is 6.28. The molecule has 1 aromatic carbocycles. The number of nitrogens with zero attached hydrogens (tertiary/aromatic N) is 4. The molecule has 0 aliphatic rings. The van der Waals surface area contributed by atoms with Gasteiger partial charge in [0.2, 0.25) is 0 Å². The molecule has 24 heavy (non-hydrogen) atoms. The van der Waals surface area contributed by atoms with Gasteiger partial charge in [0.1, 0.15) is 18.0 Å². The van der Waals surface area contributed by atoms with E-state index >= 15 is 0 Å². The molecule has 0 aliphatic carbocycles. The number of aromatic nitrogens is 4. The van der Waals surface area contributed by atoms with Crippen LogP contribution in [-0.4, -0.2) is 33.2 Å². The second kappa shape index (κ2) is 6.52. The summed E-state index contributed by atoms with van der Waals surface area (Å²) in [6.07, 6.45) is 1.47. The van der Waals surface area contributed by atoms with Crippen LogP contribution in [0, 0.1) is 5.82 Å². The van der Waals surface area contributed by atoms with E-state index in [1.807, 2.05) is 18.2 Å². The van der Waals surface area contributed by atoms with Crippen LogP contribution in [0.4, 0.5) is 10.2 Å². The van der Waals surface area contributed by atoms with Gasteiger partial charge in [0.25, 0.3) is 5.78 Å². The lowest BCUT2D eigenvalue weighted by Crippen LogP contribution is -2.28. The number of rotatable bonds is 6. The Morgan fingerprint density at radius 3 is 2.71 bits per heavy atom. The zero-order valence-electron chi connectivity index (χ0n) is 14.0. The Morgan fingerprint density at radius 1 is 1.25 bits per heavy atom. The van der Waals surface area contributed by atoms with Crippen LogP contribution in [-0.2, 0) is 16.8 Å². The molecule has 0 atom stereocenters. The molecule has 3 rings (SSSR count). The van der Waals surface area contributed by atoms with Gasteiger partial charge >= 0.3 is 0 Å². The first-order valence-corrected chi connectivity index (χ1v) is 7.68. The predicted molar refractivity (Wildman–Crippen MR) is 89.4 cm³/mol. The van der Waals surface area contributed by atoms with Crippen molar-refractivity contribution < 1.29 is 9.13 Å². The summed E-state index contributed by atoms with van der Waals surface area (Å²) in [5.41, 5.74) is 1.64. The molecule has 2 heterocycles. The minimum absolute atomic E-state index is 0.189. The van der Waals surface area contributed by atoms with E-state index in [-0.39, 0.29) is 11.2 Å². The lowest BCUT2D eigenvalue weighted by Gasteiger charge is -2.26. The van der Waals surface area contributed by atoms with Crippen molar-refractivity contribution in [3.05, 3.63) is 53.7 Å². The van der Waals surface area contributed by atoms with Crippen LogP contribution in [0.5, 0.6) is 0 Å². The third kappa shape index (κ3) is 3.35. The lowest BCUT2D eigenvalue weighted by atomic mass is 9.84. The Morgan fingerprint density at radius 2 is 2.00 bits per heavy atom. The van der Waals surface area contributed by atoms with Crippen molar-refractivity contribution in [2.45, 2.75) is 25.9 Å². The smallest absolute Gasteiger partial charge is 0.254 e. The summed E-state index contributed by atoms with van der Waals surface area (Å²) in [7, 11) is 1.63. The van der Waals surface area contributed by atoms with Crippen molar-refractivity contribution in [1.82, 2.24) is 19.6 Å². The number of hydrogen-bond donors (Lipinski definition) is 1. The molecule has 0 unspecified atom stereocenters. The molecule has 0 fully saturated rings. The first kappa shape index (κ1) is 16.3. The highest BCUT2D eigenvalue weighted by molar-refractivity contribution is 5.45. The summed E-state index contributed by atoms with van der Waals surface area (Å²) in [5, 5.41) is 7.59. The van der Waals surface area contributed by atoms with Gasteiger partial charge in [0, 0.05) is 25.1 Å². The number of hydrogen-bond acceptors (Lipinski definition) is 5. The molecule has 0 bridgehead atoms. The Kier molecular flexibility index (Phi) is 4.44. The largest absolute Gasteiger partial charge is 0.378 e. The quantitative estimate of drug-likeness (QED) is 0.753. The Balaban J connectivity index is 1.84. The first-order chi connectivity index (χ1) is 11.5. The molecule has 126 valence electrons. The molecule has 6 nitrogen and oxygen atoms in total. The maximum absolute atomic E-state index is 13.1. The second-order valence-electron chi connectivity index (χ2n) is 6.28. The van der Waals surface area contributed by atoms with Crippen LogP contribution >= 0.6 is 0 Å². The van der Waals surface area contributed by atoms with Gasteiger partial charge in [-0.2, -0.15) is 14.6 Å². The molecule has 0 saturated heterocycles. The molecule has 0 radical (unpaired) electrons. The van der Waals surface area contributed by atoms with Gasteiger partial charge in [-0.3, -0.25) is 0 Å². The summed E-state index contributed by atoms with van der Waals surface area (Å²) < 4.78 is 19.9. The fourth-order valence-electron chi connectivity index (χ4n) is 2.52. The van der Waals surface area contributed by atoms with Crippen molar-refractivity contribution >= 4 is 11.6 Å². The number of fused-ring (bicyclic) bond motifs is 1. The van der Waals surface area contributed by atoms with E-state index < -0.39 is 0 Å². The number of methoxy groups -OCH3 is 1. The van der Waals surface area contributed by atoms with Crippen LogP contribution in [0.1, 0.15) is 25.1 Å². The third-order valence-corrected chi connectivity index (χ3v) is 3.93. The summed E-state index contributed by atoms with van der Waals surface area (Å²) in [5.74, 6) is 1.08. The summed E-state index contributed by atoms with van der Waals surface area (Å²) >= 11 is 0.